The minimum absolute atomic E-state index is 0.0762. The summed E-state index contributed by atoms with van der Waals surface area (Å²) in [6, 6.07) is 22.2. The first-order chi connectivity index (χ1) is 19.0. The summed E-state index contributed by atoms with van der Waals surface area (Å²) >= 11 is 0. The molecule has 2 aliphatic rings. The van der Waals surface area contributed by atoms with E-state index in [9.17, 15) is 0 Å². The molecule has 0 atom stereocenters. The van der Waals surface area contributed by atoms with Crippen LogP contribution in [0.1, 0.15) is 83.8 Å². The zero-order chi connectivity index (χ0) is 28.8. The Labute approximate surface area is 240 Å². The smallest absolute Gasteiger partial charge is 0.129 e. The average molecular weight is 537 g/mol. The Kier molecular flexibility index (Phi) is 7.24. The molecule has 0 radical (unpaired) electrons. The zero-order valence-electron chi connectivity index (χ0n) is 25.6. The number of ether oxygens (including phenoxy) is 2. The van der Waals surface area contributed by atoms with Crippen molar-refractivity contribution in [3.8, 4) is 11.5 Å². The van der Waals surface area contributed by atoms with E-state index in [4.69, 9.17) is 9.47 Å². The van der Waals surface area contributed by atoms with Crippen molar-refractivity contribution in [2.75, 3.05) is 23.0 Å². The van der Waals surface area contributed by atoms with Crippen molar-refractivity contribution in [2.24, 2.45) is 0 Å². The fourth-order valence-electron chi connectivity index (χ4n) is 6.62. The van der Waals surface area contributed by atoms with E-state index in [-0.39, 0.29) is 17.2 Å². The predicted octanol–water partition coefficient (Wildman–Crippen LogP) is 9.20. The fourth-order valence-corrected chi connectivity index (χ4v) is 6.62. The molecule has 5 rings (SSSR count). The van der Waals surface area contributed by atoms with Crippen molar-refractivity contribution < 1.29 is 9.47 Å². The van der Waals surface area contributed by atoms with Gasteiger partial charge in [-0.3, -0.25) is 0 Å². The summed E-state index contributed by atoms with van der Waals surface area (Å²) in [5.41, 5.74) is 9.43. The van der Waals surface area contributed by atoms with Crippen LogP contribution >= 0.6 is 0 Å². The van der Waals surface area contributed by atoms with Gasteiger partial charge in [0.1, 0.15) is 17.7 Å². The number of hydrogen-bond acceptors (Lipinski definition) is 4. The van der Waals surface area contributed by atoms with Crippen LogP contribution < -0.4 is 19.3 Å². The van der Waals surface area contributed by atoms with E-state index < -0.39 is 0 Å². The normalized spacial score (nSPS) is 17.1. The lowest BCUT2D eigenvalue weighted by Gasteiger charge is -2.56. The third-order valence-corrected chi connectivity index (χ3v) is 8.17. The molecule has 0 saturated carbocycles. The van der Waals surface area contributed by atoms with Crippen LogP contribution in [0, 0.1) is 6.92 Å². The van der Waals surface area contributed by atoms with Gasteiger partial charge >= 0.3 is 0 Å². The maximum absolute atomic E-state index is 5.93. The standard InChI is InChI=1S/C36H44N2O2/c1-10-39-28-16-18-32-30(20-28)25(4)22-35(6,7)37(32)34(27-14-12-24(3)13-15-27)38-33-19-17-29(40-11-2)21-31(33)26(5)23-36(38,8)9/h12-23,34H,10-11H2,1-9H3. The lowest BCUT2D eigenvalue weighted by molar-refractivity contribution is 0.339. The summed E-state index contributed by atoms with van der Waals surface area (Å²) in [7, 11) is 0. The molecule has 2 aliphatic heterocycles. The Balaban J connectivity index is 1.78. The highest BCUT2D eigenvalue weighted by atomic mass is 16.5. The van der Waals surface area contributed by atoms with E-state index in [0.717, 1.165) is 11.5 Å². The molecule has 210 valence electrons. The quantitative estimate of drug-likeness (QED) is 0.300. The SMILES string of the molecule is CCOc1ccc2c(c1)C(C)=CC(C)(C)N2C(c1ccc(C)cc1)N1c2ccc(OCC)cc2C(C)=CC1(C)C. The van der Waals surface area contributed by atoms with Crippen molar-refractivity contribution in [3.63, 3.8) is 0 Å². The van der Waals surface area contributed by atoms with Crippen molar-refractivity contribution in [2.45, 2.75) is 79.6 Å². The molecule has 0 aliphatic carbocycles. The van der Waals surface area contributed by atoms with Gasteiger partial charge in [0.2, 0.25) is 0 Å². The highest BCUT2D eigenvalue weighted by Gasteiger charge is 2.45. The van der Waals surface area contributed by atoms with Gasteiger partial charge in [0.15, 0.2) is 0 Å². The van der Waals surface area contributed by atoms with E-state index in [1.165, 1.54) is 44.8 Å². The van der Waals surface area contributed by atoms with E-state index in [2.05, 4.69) is 131 Å². The van der Waals surface area contributed by atoms with Crippen LogP contribution in [0.2, 0.25) is 0 Å². The monoisotopic (exact) mass is 536 g/mol. The Bertz CT molecular complexity index is 1370. The van der Waals surface area contributed by atoms with Crippen LogP contribution in [0.3, 0.4) is 0 Å². The minimum Gasteiger partial charge on any atom is -0.494 e. The number of nitrogens with zero attached hydrogens (tertiary/aromatic N) is 2. The number of aryl methyl sites for hydroxylation is 1. The predicted molar refractivity (Wildman–Crippen MR) is 170 cm³/mol. The van der Waals surface area contributed by atoms with Gasteiger partial charge in [0, 0.05) is 22.5 Å². The summed E-state index contributed by atoms with van der Waals surface area (Å²) in [5.74, 6) is 1.82. The first-order valence-corrected chi connectivity index (χ1v) is 14.6. The number of anilines is 2. The van der Waals surface area contributed by atoms with Gasteiger partial charge in [-0.15, -0.1) is 0 Å². The van der Waals surface area contributed by atoms with E-state index in [1.54, 1.807) is 0 Å². The maximum Gasteiger partial charge on any atom is 0.129 e. The Hall–Kier alpha value is -3.66. The van der Waals surface area contributed by atoms with Gasteiger partial charge < -0.3 is 19.3 Å². The van der Waals surface area contributed by atoms with Crippen molar-refractivity contribution in [1.29, 1.82) is 0 Å². The molecule has 3 aromatic rings. The first-order valence-electron chi connectivity index (χ1n) is 14.6. The van der Waals surface area contributed by atoms with Gasteiger partial charge in [-0.25, -0.2) is 0 Å². The Morgan fingerprint density at radius 2 is 1.05 bits per heavy atom. The van der Waals surface area contributed by atoms with Crippen LogP contribution in [-0.4, -0.2) is 24.3 Å². The minimum atomic E-state index is -0.253. The van der Waals surface area contributed by atoms with Crippen molar-refractivity contribution in [3.05, 3.63) is 95.1 Å². The second-order valence-electron chi connectivity index (χ2n) is 12.2. The van der Waals surface area contributed by atoms with Crippen molar-refractivity contribution in [1.82, 2.24) is 0 Å². The second-order valence-corrected chi connectivity index (χ2v) is 12.2. The van der Waals surface area contributed by atoms with Gasteiger partial charge in [-0.05, 0) is 115 Å². The van der Waals surface area contributed by atoms with Crippen LogP contribution in [0.4, 0.5) is 11.4 Å². The van der Waals surface area contributed by atoms with Gasteiger partial charge in [0.05, 0.1) is 24.3 Å². The molecule has 0 fully saturated rings. The van der Waals surface area contributed by atoms with Crippen molar-refractivity contribution >= 4 is 22.5 Å². The highest BCUT2D eigenvalue weighted by molar-refractivity contribution is 5.86. The lowest BCUT2D eigenvalue weighted by atomic mass is 9.83. The number of allylic oxidation sites excluding steroid dienone is 2. The number of fused-ring (bicyclic) bond motifs is 2. The van der Waals surface area contributed by atoms with Crippen LogP contribution in [0.25, 0.3) is 11.1 Å². The molecule has 0 saturated heterocycles. The second kappa shape index (κ2) is 10.4. The molecule has 0 bridgehead atoms. The summed E-state index contributed by atoms with van der Waals surface area (Å²) in [6.45, 7) is 21.3. The molecule has 40 heavy (non-hydrogen) atoms. The molecule has 0 amide bonds. The Morgan fingerprint density at radius 1 is 0.625 bits per heavy atom. The third kappa shape index (κ3) is 4.89. The van der Waals surface area contributed by atoms with E-state index in [0.29, 0.717) is 13.2 Å². The summed E-state index contributed by atoms with van der Waals surface area (Å²) in [5, 5.41) is 0. The van der Waals surface area contributed by atoms with Crippen LogP contribution in [0.15, 0.2) is 72.8 Å². The first kappa shape index (κ1) is 27.9. The molecule has 0 N–H and O–H groups in total. The molecular formula is C36H44N2O2. The molecule has 0 unspecified atom stereocenters. The lowest BCUT2D eigenvalue weighted by Crippen LogP contribution is -2.58. The topological polar surface area (TPSA) is 24.9 Å². The number of rotatable bonds is 7. The number of benzene rings is 3. The molecular weight excluding hydrogens is 492 g/mol. The van der Waals surface area contributed by atoms with Gasteiger partial charge in [-0.1, -0.05) is 42.0 Å². The van der Waals surface area contributed by atoms with E-state index >= 15 is 0 Å². The van der Waals surface area contributed by atoms with Gasteiger partial charge in [0.25, 0.3) is 0 Å². The van der Waals surface area contributed by atoms with Crippen LogP contribution in [-0.2, 0) is 0 Å². The summed E-state index contributed by atoms with van der Waals surface area (Å²) in [6.07, 6.45) is 4.74. The molecule has 4 nitrogen and oxygen atoms in total. The zero-order valence-corrected chi connectivity index (χ0v) is 25.6. The molecule has 0 spiro atoms. The summed E-state index contributed by atoms with van der Waals surface area (Å²) in [4.78, 5) is 5.21. The average Bonchev–Trinajstić information content (AvgIpc) is 2.88. The van der Waals surface area contributed by atoms with Crippen LogP contribution in [0.5, 0.6) is 11.5 Å². The summed E-state index contributed by atoms with van der Waals surface area (Å²) < 4.78 is 11.9. The molecule has 3 aromatic carbocycles. The maximum atomic E-state index is 5.93. The third-order valence-electron chi connectivity index (χ3n) is 8.17. The Morgan fingerprint density at radius 3 is 1.45 bits per heavy atom. The van der Waals surface area contributed by atoms with E-state index in [1.807, 2.05) is 13.8 Å². The largest absolute Gasteiger partial charge is 0.494 e. The fraction of sp³-hybridized carbons (Fsp3) is 0.389. The number of hydrogen-bond donors (Lipinski definition) is 0. The molecule has 0 aromatic heterocycles. The highest BCUT2D eigenvalue weighted by Crippen LogP contribution is 2.51. The molecule has 4 heteroatoms. The van der Waals surface area contributed by atoms with Gasteiger partial charge in [-0.2, -0.15) is 0 Å². The molecule has 2 heterocycles.